The molecular formula is C13H15O8P. The van der Waals surface area contributed by atoms with Crippen LogP contribution in [-0.4, -0.2) is 42.7 Å². The molecule has 0 saturated carbocycles. The van der Waals surface area contributed by atoms with E-state index in [4.69, 9.17) is 28.4 Å². The van der Waals surface area contributed by atoms with Gasteiger partial charge in [-0.1, -0.05) is 0 Å². The van der Waals surface area contributed by atoms with Crippen LogP contribution in [0.4, 0.5) is 0 Å². The minimum absolute atomic E-state index is 0.0731. The number of fused-ring (bicyclic) bond motifs is 1. The van der Waals surface area contributed by atoms with Crippen LogP contribution in [0.1, 0.15) is 10.6 Å². The summed E-state index contributed by atoms with van der Waals surface area (Å²) in [6, 6.07) is 4.67. The normalized spacial score (nSPS) is 11.5. The average Bonchev–Trinajstić information content (AvgIpc) is 2.87. The summed E-state index contributed by atoms with van der Waals surface area (Å²) in [6.07, 6.45) is -0.541. The van der Waals surface area contributed by atoms with Gasteiger partial charge in [-0.05, 0) is 12.1 Å². The molecule has 2 N–H and O–H groups in total. The fourth-order valence-electron chi connectivity index (χ4n) is 1.80. The number of benzene rings is 1. The number of carbonyl (C=O) groups is 1. The molecule has 0 radical (unpaired) electrons. The molecule has 0 fully saturated rings. The molecule has 0 spiro atoms. The van der Waals surface area contributed by atoms with E-state index in [1.807, 2.05) is 0 Å². The van der Waals surface area contributed by atoms with E-state index in [1.165, 1.54) is 20.3 Å². The Bertz CT molecular complexity index is 688. The van der Waals surface area contributed by atoms with Crippen molar-refractivity contribution in [3.63, 3.8) is 0 Å². The van der Waals surface area contributed by atoms with E-state index < -0.39 is 26.3 Å². The Balaban J connectivity index is 2.18. The largest absolute Gasteiger partial charge is 0.493 e. The van der Waals surface area contributed by atoms with Crippen LogP contribution in [0.5, 0.6) is 11.5 Å². The average molecular weight is 330 g/mol. The van der Waals surface area contributed by atoms with Gasteiger partial charge in [-0.3, -0.25) is 4.57 Å². The molecule has 2 rings (SSSR count). The van der Waals surface area contributed by atoms with E-state index in [-0.39, 0.29) is 5.76 Å². The standard InChI is InChI=1S/C13H15O8P/c1-18-10-5-8-6-12(21-9(8)7-11(10)19-2)13(14)20-3-4-22(15,16)17/h5-7H,3-4H2,1-2H3,(H2,15,16,17). The Hall–Kier alpha value is -2.02. The Morgan fingerprint density at radius 3 is 2.41 bits per heavy atom. The third-order valence-electron chi connectivity index (χ3n) is 2.84. The van der Waals surface area contributed by atoms with Gasteiger partial charge in [0.25, 0.3) is 0 Å². The van der Waals surface area contributed by atoms with E-state index in [1.54, 1.807) is 12.1 Å². The molecule has 8 nitrogen and oxygen atoms in total. The van der Waals surface area contributed by atoms with Crippen molar-refractivity contribution in [2.24, 2.45) is 0 Å². The van der Waals surface area contributed by atoms with Crippen LogP contribution in [0.3, 0.4) is 0 Å². The van der Waals surface area contributed by atoms with E-state index in [9.17, 15) is 9.36 Å². The maximum Gasteiger partial charge on any atom is 0.374 e. The molecule has 1 heterocycles. The van der Waals surface area contributed by atoms with Crippen LogP contribution in [0.15, 0.2) is 22.6 Å². The molecule has 9 heteroatoms. The van der Waals surface area contributed by atoms with E-state index in [0.29, 0.717) is 22.5 Å². The molecule has 22 heavy (non-hydrogen) atoms. The van der Waals surface area contributed by atoms with E-state index >= 15 is 0 Å². The van der Waals surface area contributed by atoms with Gasteiger partial charge < -0.3 is 28.4 Å². The topological polar surface area (TPSA) is 115 Å². The van der Waals surface area contributed by atoms with Gasteiger partial charge in [-0.2, -0.15) is 0 Å². The van der Waals surface area contributed by atoms with Crippen molar-refractivity contribution in [3.05, 3.63) is 24.0 Å². The predicted molar refractivity (Wildman–Crippen MR) is 76.5 cm³/mol. The lowest BCUT2D eigenvalue weighted by molar-refractivity contribution is 0.0492. The lowest BCUT2D eigenvalue weighted by atomic mass is 10.2. The van der Waals surface area contributed by atoms with Crippen molar-refractivity contribution in [1.29, 1.82) is 0 Å². The van der Waals surface area contributed by atoms with Crippen molar-refractivity contribution in [2.45, 2.75) is 0 Å². The maximum absolute atomic E-state index is 11.8. The lowest BCUT2D eigenvalue weighted by Crippen LogP contribution is -2.08. The van der Waals surface area contributed by atoms with Gasteiger partial charge in [0, 0.05) is 11.5 Å². The van der Waals surface area contributed by atoms with Gasteiger partial charge in [0.2, 0.25) is 5.76 Å². The Kier molecular flexibility index (Phi) is 4.75. The molecule has 0 saturated heterocycles. The minimum Gasteiger partial charge on any atom is -0.493 e. The van der Waals surface area contributed by atoms with Gasteiger partial charge in [0.1, 0.15) is 12.2 Å². The predicted octanol–water partition coefficient (Wildman–Crippen LogP) is 1.78. The molecule has 0 bridgehead atoms. The number of methoxy groups -OCH3 is 2. The molecule has 0 aliphatic heterocycles. The maximum atomic E-state index is 11.8. The zero-order valence-corrected chi connectivity index (χ0v) is 12.8. The molecular weight excluding hydrogens is 315 g/mol. The number of furan rings is 1. The lowest BCUT2D eigenvalue weighted by Gasteiger charge is -2.06. The SMILES string of the molecule is COc1cc2cc(C(=O)OCCP(=O)(O)O)oc2cc1OC. The summed E-state index contributed by atoms with van der Waals surface area (Å²) in [5, 5.41) is 0.611. The summed E-state index contributed by atoms with van der Waals surface area (Å²) in [5.41, 5.74) is 0.402. The molecule has 1 aromatic heterocycles. The van der Waals surface area contributed by atoms with Crippen LogP contribution in [0.2, 0.25) is 0 Å². The first-order valence-corrected chi connectivity index (χ1v) is 8.01. The molecule has 0 aliphatic carbocycles. The number of ether oxygens (including phenoxy) is 3. The van der Waals surface area contributed by atoms with Crippen LogP contribution < -0.4 is 9.47 Å². The third kappa shape index (κ3) is 3.79. The molecule has 0 atom stereocenters. The van der Waals surface area contributed by atoms with Crippen molar-refractivity contribution in [3.8, 4) is 11.5 Å². The molecule has 0 aliphatic rings. The van der Waals surface area contributed by atoms with Crippen molar-refractivity contribution < 1.29 is 37.8 Å². The number of rotatable bonds is 6. The molecule has 2 aromatic rings. The highest BCUT2D eigenvalue weighted by atomic mass is 31.2. The van der Waals surface area contributed by atoms with Crippen LogP contribution in [0, 0.1) is 0 Å². The second kappa shape index (κ2) is 6.39. The number of esters is 1. The first-order valence-electron chi connectivity index (χ1n) is 6.21. The zero-order chi connectivity index (χ0) is 16.3. The van der Waals surface area contributed by atoms with Crippen LogP contribution in [-0.2, 0) is 9.30 Å². The fraction of sp³-hybridized carbons (Fsp3) is 0.308. The van der Waals surface area contributed by atoms with Gasteiger partial charge in [-0.15, -0.1) is 0 Å². The second-order valence-electron chi connectivity index (χ2n) is 4.38. The van der Waals surface area contributed by atoms with Crippen LogP contribution >= 0.6 is 7.60 Å². The van der Waals surface area contributed by atoms with Crippen LogP contribution in [0.25, 0.3) is 11.0 Å². The highest BCUT2D eigenvalue weighted by Gasteiger charge is 2.18. The first kappa shape index (κ1) is 16.4. The second-order valence-corrected chi connectivity index (χ2v) is 6.16. The van der Waals surface area contributed by atoms with Crippen molar-refractivity contribution in [2.75, 3.05) is 27.0 Å². The monoisotopic (exact) mass is 330 g/mol. The zero-order valence-electron chi connectivity index (χ0n) is 11.9. The Morgan fingerprint density at radius 2 is 1.82 bits per heavy atom. The third-order valence-corrected chi connectivity index (χ3v) is 3.60. The Morgan fingerprint density at radius 1 is 1.18 bits per heavy atom. The van der Waals surface area contributed by atoms with Gasteiger partial charge >= 0.3 is 13.6 Å². The summed E-state index contributed by atoms with van der Waals surface area (Å²) in [7, 11) is -1.24. The first-order chi connectivity index (χ1) is 10.3. The van der Waals surface area contributed by atoms with Gasteiger partial charge in [0.15, 0.2) is 11.5 Å². The summed E-state index contributed by atoms with van der Waals surface area (Å²) in [6.45, 7) is -0.396. The van der Waals surface area contributed by atoms with E-state index in [0.717, 1.165) is 0 Å². The molecule has 0 unspecified atom stereocenters. The number of hydrogen-bond acceptors (Lipinski definition) is 6. The molecule has 0 amide bonds. The highest BCUT2D eigenvalue weighted by Crippen LogP contribution is 2.35. The Labute approximate surface area is 125 Å². The summed E-state index contributed by atoms with van der Waals surface area (Å²) < 4.78 is 31.1. The van der Waals surface area contributed by atoms with Crippen molar-refractivity contribution >= 4 is 24.5 Å². The molecule has 120 valence electrons. The van der Waals surface area contributed by atoms with Gasteiger partial charge in [-0.25, -0.2) is 4.79 Å². The van der Waals surface area contributed by atoms with Crippen molar-refractivity contribution in [1.82, 2.24) is 0 Å². The fourth-order valence-corrected chi connectivity index (χ4v) is 2.12. The molecule has 1 aromatic carbocycles. The highest BCUT2D eigenvalue weighted by molar-refractivity contribution is 7.51. The summed E-state index contributed by atoms with van der Waals surface area (Å²) in [5.74, 6) is 0.0570. The summed E-state index contributed by atoms with van der Waals surface area (Å²) >= 11 is 0. The van der Waals surface area contributed by atoms with E-state index in [2.05, 4.69) is 0 Å². The van der Waals surface area contributed by atoms with Gasteiger partial charge in [0.05, 0.1) is 20.4 Å². The quantitative estimate of drug-likeness (QED) is 0.608. The smallest absolute Gasteiger partial charge is 0.374 e. The summed E-state index contributed by atoms with van der Waals surface area (Å²) in [4.78, 5) is 29.2. The minimum atomic E-state index is -4.20. The number of hydrogen-bond donors (Lipinski definition) is 2. The number of carbonyl (C=O) groups excluding carboxylic acids is 1.